The van der Waals surface area contributed by atoms with Gasteiger partial charge in [-0.25, -0.2) is 8.93 Å². The van der Waals surface area contributed by atoms with E-state index in [-0.39, 0.29) is 0 Å². The highest BCUT2D eigenvalue weighted by atomic mass is 32.2. The smallest absolute Gasteiger partial charge is 0.125 e. The van der Waals surface area contributed by atoms with Gasteiger partial charge in [-0.1, -0.05) is 74.0 Å². The van der Waals surface area contributed by atoms with E-state index in [1.807, 2.05) is 44.3 Å². The zero-order valence-corrected chi connectivity index (χ0v) is 20.3. The number of pyridine rings is 1. The number of hydrogen-bond acceptors (Lipinski definition) is 3. The fraction of sp³-hybridized carbons (Fsp3) is 0.321. The lowest BCUT2D eigenvalue weighted by molar-refractivity contribution is 0.554. The lowest BCUT2D eigenvalue weighted by Gasteiger charge is -2.21. The summed E-state index contributed by atoms with van der Waals surface area (Å²) in [5.74, 6) is 0. The van der Waals surface area contributed by atoms with Crippen LogP contribution in [0.5, 0.6) is 0 Å². The van der Waals surface area contributed by atoms with E-state index in [2.05, 4.69) is 57.5 Å². The van der Waals surface area contributed by atoms with Gasteiger partial charge < -0.3 is 5.32 Å². The van der Waals surface area contributed by atoms with Crippen LogP contribution in [0.2, 0.25) is 0 Å². The molecule has 3 atom stereocenters. The van der Waals surface area contributed by atoms with Crippen molar-refractivity contribution in [1.82, 2.24) is 15.0 Å². The molecule has 33 heavy (non-hydrogen) atoms. The van der Waals surface area contributed by atoms with E-state index >= 15 is 0 Å². The largest absolute Gasteiger partial charge is 0.306 e. The Morgan fingerprint density at radius 3 is 2.64 bits per heavy atom. The Hall–Kier alpha value is -2.60. The van der Waals surface area contributed by atoms with E-state index in [0.29, 0.717) is 18.6 Å². The summed E-state index contributed by atoms with van der Waals surface area (Å²) in [4.78, 5) is 4.98. The number of nitrogens with one attached hydrogen (secondary N) is 2. The molecule has 1 aromatic heterocycles. The van der Waals surface area contributed by atoms with Crippen molar-refractivity contribution in [2.45, 2.75) is 56.5 Å². The molecule has 2 aliphatic rings. The minimum atomic E-state index is -1.24. The van der Waals surface area contributed by atoms with E-state index in [1.165, 1.54) is 16.7 Å². The third-order valence-electron chi connectivity index (χ3n) is 6.32. The molecular weight excluding hydrogens is 426 g/mol. The third-order valence-corrected chi connectivity index (χ3v) is 7.50. The molecule has 0 spiro atoms. The molecule has 5 heteroatoms. The Bertz CT molecular complexity index is 1150. The SMILES string of the molecule is CC.O=S(NCC1CCC(C2=CC=C(c3ccccc3)CC2)N1)c1cccc2cnccc12. The summed E-state index contributed by atoms with van der Waals surface area (Å²) in [7, 11) is -1.24. The number of rotatable bonds is 6. The van der Waals surface area contributed by atoms with E-state index in [4.69, 9.17) is 0 Å². The first-order chi connectivity index (χ1) is 16.3. The fourth-order valence-electron chi connectivity index (χ4n) is 4.62. The molecular formula is C28H33N3OS. The molecule has 1 aliphatic heterocycles. The summed E-state index contributed by atoms with van der Waals surface area (Å²) in [6.07, 6.45) is 12.6. The van der Waals surface area contributed by atoms with Crippen molar-refractivity contribution in [3.05, 3.63) is 90.3 Å². The maximum Gasteiger partial charge on any atom is 0.125 e. The number of fused-ring (bicyclic) bond motifs is 1. The molecule has 1 aliphatic carbocycles. The first kappa shape index (κ1) is 23.6. The summed E-state index contributed by atoms with van der Waals surface area (Å²) in [5, 5.41) is 5.76. The van der Waals surface area contributed by atoms with Gasteiger partial charge in [0, 0.05) is 41.8 Å². The van der Waals surface area contributed by atoms with Crippen molar-refractivity contribution in [2.24, 2.45) is 0 Å². The maximum absolute atomic E-state index is 12.9. The Labute approximate surface area is 199 Å². The lowest BCUT2D eigenvalue weighted by Crippen LogP contribution is -2.38. The number of aromatic nitrogens is 1. The topological polar surface area (TPSA) is 54.0 Å². The Morgan fingerprint density at radius 1 is 1.00 bits per heavy atom. The Morgan fingerprint density at radius 2 is 1.85 bits per heavy atom. The fourth-order valence-corrected chi connectivity index (χ4v) is 5.71. The van der Waals surface area contributed by atoms with Gasteiger partial charge >= 0.3 is 0 Å². The molecule has 1 saturated heterocycles. The summed E-state index contributed by atoms with van der Waals surface area (Å²) in [6.45, 7) is 4.70. The minimum Gasteiger partial charge on any atom is -0.306 e. The van der Waals surface area contributed by atoms with Crippen LogP contribution in [0.25, 0.3) is 16.3 Å². The molecule has 3 unspecified atom stereocenters. The maximum atomic E-state index is 12.9. The molecule has 2 heterocycles. The van der Waals surface area contributed by atoms with Gasteiger partial charge in [-0.15, -0.1) is 0 Å². The highest BCUT2D eigenvalue weighted by Gasteiger charge is 2.27. The first-order valence-electron chi connectivity index (χ1n) is 12.0. The second-order valence-electron chi connectivity index (χ2n) is 8.26. The third kappa shape index (κ3) is 5.67. The van der Waals surface area contributed by atoms with Crippen LogP contribution >= 0.6 is 0 Å². The van der Waals surface area contributed by atoms with Crippen molar-refractivity contribution in [3.63, 3.8) is 0 Å². The predicted octanol–water partition coefficient (Wildman–Crippen LogP) is 5.80. The second kappa shape index (κ2) is 11.5. The van der Waals surface area contributed by atoms with Crippen LogP contribution in [0.1, 0.15) is 45.1 Å². The average Bonchev–Trinajstić information content (AvgIpc) is 3.38. The Kier molecular flexibility index (Phi) is 8.21. The average molecular weight is 460 g/mol. The van der Waals surface area contributed by atoms with Gasteiger partial charge in [0.15, 0.2) is 0 Å². The van der Waals surface area contributed by atoms with Crippen LogP contribution in [-0.2, 0) is 11.0 Å². The molecule has 1 fully saturated rings. The zero-order valence-electron chi connectivity index (χ0n) is 19.5. The highest BCUT2D eigenvalue weighted by molar-refractivity contribution is 7.83. The van der Waals surface area contributed by atoms with Crippen LogP contribution in [0.3, 0.4) is 0 Å². The molecule has 0 amide bonds. The zero-order chi connectivity index (χ0) is 23.0. The lowest BCUT2D eigenvalue weighted by atomic mass is 9.89. The number of allylic oxidation sites excluding steroid dienone is 3. The van der Waals surface area contributed by atoms with Gasteiger partial charge in [0.1, 0.15) is 11.0 Å². The second-order valence-corrected chi connectivity index (χ2v) is 9.53. The highest BCUT2D eigenvalue weighted by Crippen LogP contribution is 2.31. The van der Waals surface area contributed by atoms with Crippen LogP contribution in [-0.4, -0.2) is 27.8 Å². The van der Waals surface area contributed by atoms with E-state index < -0.39 is 11.0 Å². The van der Waals surface area contributed by atoms with Gasteiger partial charge in [0.25, 0.3) is 0 Å². The Balaban J connectivity index is 0.00000126. The van der Waals surface area contributed by atoms with E-state index in [1.54, 1.807) is 6.20 Å². The van der Waals surface area contributed by atoms with Crippen LogP contribution in [0.4, 0.5) is 0 Å². The van der Waals surface area contributed by atoms with Crippen molar-refractivity contribution < 1.29 is 4.21 Å². The molecule has 3 aromatic rings. The number of hydrogen-bond donors (Lipinski definition) is 2. The van der Waals surface area contributed by atoms with Gasteiger partial charge in [0.05, 0.1) is 4.90 Å². The van der Waals surface area contributed by atoms with Gasteiger partial charge in [-0.3, -0.25) is 4.98 Å². The standard InChI is InChI=1S/C26H27N3OS.C2H6/c30-31(26-8-4-7-22-17-27-16-15-24(22)26)28-18-23-13-14-25(29-23)21-11-9-20(10-12-21)19-5-2-1-3-6-19;1-2/h1-9,11,15-17,23,25,28-29H,10,12-14,18H2;1-2H3. The molecule has 2 N–H and O–H groups in total. The summed E-state index contributed by atoms with van der Waals surface area (Å²) < 4.78 is 16.1. The number of benzene rings is 2. The van der Waals surface area contributed by atoms with Crippen molar-refractivity contribution in [3.8, 4) is 0 Å². The molecule has 5 rings (SSSR count). The molecule has 0 bridgehead atoms. The van der Waals surface area contributed by atoms with Crippen LogP contribution in [0, 0.1) is 0 Å². The molecule has 0 saturated carbocycles. The van der Waals surface area contributed by atoms with Crippen LogP contribution in [0.15, 0.2) is 89.6 Å². The van der Waals surface area contributed by atoms with Gasteiger partial charge in [0.2, 0.25) is 0 Å². The monoisotopic (exact) mass is 459 g/mol. The molecule has 172 valence electrons. The van der Waals surface area contributed by atoms with E-state index in [9.17, 15) is 4.21 Å². The summed E-state index contributed by atoms with van der Waals surface area (Å²) >= 11 is 0. The van der Waals surface area contributed by atoms with Gasteiger partial charge in [-0.2, -0.15) is 0 Å². The van der Waals surface area contributed by atoms with Gasteiger partial charge in [-0.05, 0) is 49.0 Å². The molecule has 4 nitrogen and oxygen atoms in total. The van der Waals surface area contributed by atoms with Crippen molar-refractivity contribution in [1.29, 1.82) is 0 Å². The summed E-state index contributed by atoms with van der Waals surface area (Å²) in [6, 6.07) is 19.2. The molecule has 0 radical (unpaired) electrons. The van der Waals surface area contributed by atoms with Crippen molar-refractivity contribution >= 4 is 27.3 Å². The first-order valence-corrected chi connectivity index (χ1v) is 13.1. The van der Waals surface area contributed by atoms with E-state index in [0.717, 1.165) is 41.4 Å². The molecule has 2 aromatic carbocycles. The van der Waals surface area contributed by atoms with Crippen molar-refractivity contribution in [2.75, 3.05) is 6.54 Å². The summed E-state index contributed by atoms with van der Waals surface area (Å²) in [5.41, 5.74) is 4.23. The predicted molar refractivity (Wildman–Crippen MR) is 139 cm³/mol. The minimum absolute atomic E-state index is 0.339. The number of nitrogens with zero attached hydrogens (tertiary/aromatic N) is 1. The van der Waals surface area contributed by atoms with Crippen LogP contribution < -0.4 is 10.0 Å². The normalized spacial score (nSPS) is 21.0. The quantitative estimate of drug-likeness (QED) is 0.490.